The maximum Gasteiger partial charge on any atom is 0.170 e. The van der Waals surface area contributed by atoms with Crippen molar-refractivity contribution in [2.75, 3.05) is 12.3 Å². The van der Waals surface area contributed by atoms with Crippen LogP contribution in [-0.4, -0.2) is 17.3 Å². The van der Waals surface area contributed by atoms with Gasteiger partial charge in [-0.15, -0.1) is 0 Å². The first-order valence-corrected chi connectivity index (χ1v) is 4.71. The molecule has 0 fully saturated rings. The normalized spacial score (nSPS) is 11.5. The Balaban J connectivity index is 2.83. The van der Waals surface area contributed by atoms with Crippen molar-refractivity contribution < 1.29 is 14.2 Å². The van der Waals surface area contributed by atoms with E-state index in [2.05, 4.69) is 0 Å². The lowest BCUT2D eigenvalue weighted by Crippen LogP contribution is -2.28. The maximum atomic E-state index is 13.6. The Morgan fingerprint density at radius 3 is 2.60 bits per heavy atom. The summed E-state index contributed by atoms with van der Waals surface area (Å²) in [5, 5.41) is 9.42. The first-order valence-electron chi connectivity index (χ1n) is 4.71. The summed E-state index contributed by atoms with van der Waals surface area (Å²) in [5.74, 6) is -0.358. The average molecular weight is 213 g/mol. The van der Waals surface area contributed by atoms with Crippen LogP contribution in [0.15, 0.2) is 12.1 Å². The van der Waals surface area contributed by atoms with Crippen molar-refractivity contribution in [3.63, 3.8) is 0 Å². The molecule has 15 heavy (non-hydrogen) atoms. The minimum Gasteiger partial charge on any atom is -0.488 e. The minimum absolute atomic E-state index is 0.0350. The lowest BCUT2D eigenvalue weighted by molar-refractivity contribution is 0.0271. The molecule has 1 aromatic carbocycles. The van der Waals surface area contributed by atoms with E-state index in [0.717, 1.165) is 0 Å². The molecule has 1 rings (SSSR count). The van der Waals surface area contributed by atoms with Gasteiger partial charge < -0.3 is 15.6 Å². The number of benzene rings is 1. The van der Waals surface area contributed by atoms with Crippen LogP contribution in [0.25, 0.3) is 0 Å². The SMILES string of the molecule is Cc1c(N)ccc(OCC(C)(C)O)c1F. The molecule has 0 saturated carbocycles. The highest BCUT2D eigenvalue weighted by atomic mass is 19.1. The van der Waals surface area contributed by atoms with Gasteiger partial charge in [0.15, 0.2) is 11.6 Å². The molecule has 0 amide bonds. The Labute approximate surface area is 88.7 Å². The first kappa shape index (κ1) is 11.8. The van der Waals surface area contributed by atoms with Crippen LogP contribution in [0.4, 0.5) is 10.1 Å². The Bertz CT molecular complexity index is 358. The molecule has 84 valence electrons. The third-order valence-electron chi connectivity index (χ3n) is 1.97. The number of halogens is 1. The molecule has 0 heterocycles. The zero-order valence-corrected chi connectivity index (χ0v) is 9.17. The van der Waals surface area contributed by atoms with Gasteiger partial charge in [-0.1, -0.05) is 0 Å². The van der Waals surface area contributed by atoms with Gasteiger partial charge in [0.05, 0.1) is 5.60 Å². The number of anilines is 1. The summed E-state index contributed by atoms with van der Waals surface area (Å²) in [4.78, 5) is 0. The number of hydrogen-bond donors (Lipinski definition) is 2. The topological polar surface area (TPSA) is 55.5 Å². The highest BCUT2D eigenvalue weighted by molar-refractivity contribution is 5.50. The van der Waals surface area contributed by atoms with E-state index in [1.807, 2.05) is 0 Å². The fourth-order valence-corrected chi connectivity index (χ4v) is 1.04. The Hall–Kier alpha value is -1.29. The molecule has 0 aliphatic carbocycles. The zero-order chi connectivity index (χ0) is 11.6. The van der Waals surface area contributed by atoms with Crippen molar-refractivity contribution in [1.82, 2.24) is 0 Å². The van der Waals surface area contributed by atoms with Gasteiger partial charge in [0, 0.05) is 11.3 Å². The second-order valence-electron chi connectivity index (χ2n) is 4.19. The number of nitrogens with two attached hydrogens (primary N) is 1. The molecular weight excluding hydrogens is 197 g/mol. The van der Waals surface area contributed by atoms with E-state index in [-0.39, 0.29) is 12.4 Å². The van der Waals surface area contributed by atoms with Crippen LogP contribution in [0, 0.1) is 12.7 Å². The van der Waals surface area contributed by atoms with Crippen LogP contribution < -0.4 is 10.5 Å². The van der Waals surface area contributed by atoms with Crippen molar-refractivity contribution in [2.45, 2.75) is 26.4 Å². The maximum absolute atomic E-state index is 13.6. The third-order valence-corrected chi connectivity index (χ3v) is 1.97. The van der Waals surface area contributed by atoms with Crippen molar-refractivity contribution in [1.29, 1.82) is 0 Å². The van der Waals surface area contributed by atoms with Gasteiger partial charge in [-0.3, -0.25) is 0 Å². The molecule has 0 saturated heterocycles. The highest BCUT2D eigenvalue weighted by Crippen LogP contribution is 2.25. The van der Waals surface area contributed by atoms with Crippen LogP contribution in [0.5, 0.6) is 5.75 Å². The lowest BCUT2D eigenvalue weighted by atomic mass is 10.1. The molecule has 3 nitrogen and oxygen atoms in total. The predicted molar refractivity (Wildman–Crippen MR) is 57.3 cm³/mol. The summed E-state index contributed by atoms with van der Waals surface area (Å²) >= 11 is 0. The highest BCUT2D eigenvalue weighted by Gasteiger charge is 2.16. The Morgan fingerprint density at radius 2 is 2.07 bits per heavy atom. The Kier molecular flexibility index (Phi) is 3.19. The van der Waals surface area contributed by atoms with E-state index in [1.165, 1.54) is 6.07 Å². The van der Waals surface area contributed by atoms with Crippen LogP contribution in [0.1, 0.15) is 19.4 Å². The van der Waals surface area contributed by atoms with Gasteiger partial charge in [-0.2, -0.15) is 0 Å². The molecular formula is C11H16FNO2. The van der Waals surface area contributed by atoms with Gasteiger partial charge in [0.2, 0.25) is 0 Å². The molecule has 0 bridgehead atoms. The van der Waals surface area contributed by atoms with Crippen LogP contribution in [0.2, 0.25) is 0 Å². The summed E-state index contributed by atoms with van der Waals surface area (Å²) in [6.07, 6.45) is 0. The molecule has 4 heteroatoms. The van der Waals surface area contributed by atoms with E-state index < -0.39 is 11.4 Å². The third kappa shape index (κ3) is 3.09. The molecule has 0 spiro atoms. The van der Waals surface area contributed by atoms with E-state index in [9.17, 15) is 9.50 Å². The monoisotopic (exact) mass is 213 g/mol. The van der Waals surface area contributed by atoms with Crippen molar-refractivity contribution >= 4 is 5.69 Å². The van der Waals surface area contributed by atoms with Gasteiger partial charge >= 0.3 is 0 Å². The standard InChI is InChI=1S/C11H16FNO2/c1-7-8(13)4-5-9(10(7)12)15-6-11(2,3)14/h4-5,14H,6,13H2,1-3H3. The lowest BCUT2D eigenvalue weighted by Gasteiger charge is -2.18. The summed E-state index contributed by atoms with van der Waals surface area (Å²) in [7, 11) is 0. The van der Waals surface area contributed by atoms with Crippen LogP contribution in [-0.2, 0) is 0 Å². The number of nitrogen functional groups attached to an aromatic ring is 1. The molecule has 0 aliphatic rings. The quantitative estimate of drug-likeness (QED) is 0.753. The van der Waals surface area contributed by atoms with Crippen LogP contribution >= 0.6 is 0 Å². The molecule has 0 atom stereocenters. The summed E-state index contributed by atoms with van der Waals surface area (Å²) in [5.41, 5.74) is 5.30. The summed E-state index contributed by atoms with van der Waals surface area (Å²) < 4.78 is 18.7. The first-order chi connectivity index (χ1) is 6.81. The van der Waals surface area contributed by atoms with Gasteiger partial charge in [0.1, 0.15) is 6.61 Å². The molecule has 3 N–H and O–H groups in total. The molecule has 1 aromatic rings. The van der Waals surface area contributed by atoms with Crippen molar-refractivity contribution in [2.24, 2.45) is 0 Å². The second kappa shape index (κ2) is 4.06. The van der Waals surface area contributed by atoms with Crippen LogP contribution in [0.3, 0.4) is 0 Å². The van der Waals surface area contributed by atoms with E-state index >= 15 is 0 Å². The number of ether oxygens (including phenoxy) is 1. The van der Waals surface area contributed by atoms with Gasteiger partial charge in [0.25, 0.3) is 0 Å². The Morgan fingerprint density at radius 1 is 1.47 bits per heavy atom. The second-order valence-corrected chi connectivity index (χ2v) is 4.19. The zero-order valence-electron chi connectivity index (χ0n) is 9.17. The molecule has 0 radical (unpaired) electrons. The summed E-state index contributed by atoms with van der Waals surface area (Å²) in [6, 6.07) is 3.04. The largest absolute Gasteiger partial charge is 0.488 e. The van der Waals surface area contributed by atoms with Gasteiger partial charge in [-0.05, 0) is 32.9 Å². The fraction of sp³-hybridized carbons (Fsp3) is 0.455. The van der Waals surface area contributed by atoms with Crippen molar-refractivity contribution in [3.8, 4) is 5.75 Å². The number of hydrogen-bond acceptors (Lipinski definition) is 3. The van der Waals surface area contributed by atoms with Crippen molar-refractivity contribution in [3.05, 3.63) is 23.5 Å². The number of aliphatic hydroxyl groups is 1. The van der Waals surface area contributed by atoms with Gasteiger partial charge in [-0.25, -0.2) is 4.39 Å². The molecule has 0 aromatic heterocycles. The van der Waals surface area contributed by atoms with E-state index in [4.69, 9.17) is 10.5 Å². The average Bonchev–Trinajstić information content (AvgIpc) is 2.12. The minimum atomic E-state index is -0.984. The molecule has 0 aliphatic heterocycles. The molecule has 0 unspecified atom stereocenters. The van der Waals surface area contributed by atoms with E-state index in [1.54, 1.807) is 26.8 Å². The smallest absolute Gasteiger partial charge is 0.170 e. The summed E-state index contributed by atoms with van der Waals surface area (Å²) in [6.45, 7) is 4.80. The predicted octanol–water partition coefficient (Wildman–Crippen LogP) is 1.87. The van der Waals surface area contributed by atoms with E-state index in [0.29, 0.717) is 11.3 Å². The number of rotatable bonds is 3. The fourth-order valence-electron chi connectivity index (χ4n) is 1.04.